The highest BCUT2D eigenvalue weighted by Crippen LogP contribution is 2.09. The van der Waals surface area contributed by atoms with Gasteiger partial charge in [-0.3, -0.25) is 0 Å². The molecule has 0 rings (SSSR count). The van der Waals surface area contributed by atoms with Gasteiger partial charge in [-0.05, 0) is 32.2 Å². The predicted octanol–water partition coefficient (Wildman–Crippen LogP) is 5.13. The number of rotatable bonds is 16. The van der Waals surface area contributed by atoms with Crippen molar-refractivity contribution in [2.24, 2.45) is 5.92 Å². The first-order valence-electron chi connectivity index (χ1n) is 9.60. The van der Waals surface area contributed by atoms with E-state index in [0.29, 0.717) is 6.04 Å². The van der Waals surface area contributed by atoms with Crippen LogP contribution in [-0.2, 0) is 0 Å². The summed E-state index contributed by atoms with van der Waals surface area (Å²) in [4.78, 5) is 0. The Labute approximate surface area is 134 Å². The van der Waals surface area contributed by atoms with E-state index < -0.39 is 0 Å². The second-order valence-electron chi connectivity index (χ2n) is 7.06. The summed E-state index contributed by atoms with van der Waals surface area (Å²) < 4.78 is 0. The number of unbranched alkanes of at least 4 members (excludes halogenated alkanes) is 8. The molecule has 2 N–H and O–H groups in total. The lowest BCUT2D eigenvalue weighted by molar-refractivity contribution is 0.437. The largest absolute Gasteiger partial charge is 0.315 e. The van der Waals surface area contributed by atoms with Crippen LogP contribution in [0.2, 0.25) is 0 Å². The van der Waals surface area contributed by atoms with Gasteiger partial charge in [-0.25, -0.2) is 0 Å². The lowest BCUT2D eigenvalue weighted by Crippen LogP contribution is -2.34. The maximum absolute atomic E-state index is 3.59. The van der Waals surface area contributed by atoms with Crippen molar-refractivity contribution >= 4 is 0 Å². The fourth-order valence-electron chi connectivity index (χ4n) is 2.88. The maximum Gasteiger partial charge on any atom is 0.00792 e. The second kappa shape index (κ2) is 16.3. The van der Waals surface area contributed by atoms with E-state index >= 15 is 0 Å². The average Bonchev–Trinajstić information content (AvgIpc) is 2.43. The van der Waals surface area contributed by atoms with E-state index in [1.165, 1.54) is 70.8 Å². The predicted molar refractivity (Wildman–Crippen MR) is 97.0 cm³/mol. The van der Waals surface area contributed by atoms with Gasteiger partial charge in [0.15, 0.2) is 0 Å². The minimum atomic E-state index is 0.652. The zero-order valence-corrected chi connectivity index (χ0v) is 15.3. The molecular formula is C19H42N2. The molecule has 0 saturated heterocycles. The van der Waals surface area contributed by atoms with Crippen LogP contribution in [0.25, 0.3) is 0 Å². The van der Waals surface area contributed by atoms with Crippen LogP contribution in [0.4, 0.5) is 0 Å². The van der Waals surface area contributed by atoms with Crippen molar-refractivity contribution in [1.82, 2.24) is 10.6 Å². The van der Waals surface area contributed by atoms with E-state index in [1.54, 1.807) is 0 Å². The molecule has 1 unspecified atom stereocenters. The molecule has 0 aromatic carbocycles. The van der Waals surface area contributed by atoms with Gasteiger partial charge < -0.3 is 10.6 Å². The normalized spacial score (nSPS) is 13.0. The molecule has 0 aliphatic carbocycles. The molecule has 0 aliphatic rings. The molecule has 0 saturated carbocycles. The van der Waals surface area contributed by atoms with Crippen LogP contribution in [0.15, 0.2) is 0 Å². The second-order valence-corrected chi connectivity index (χ2v) is 7.06. The highest BCUT2D eigenvalue weighted by molar-refractivity contribution is 4.63. The van der Waals surface area contributed by atoms with Gasteiger partial charge in [0.1, 0.15) is 0 Å². The first-order valence-corrected chi connectivity index (χ1v) is 9.60. The van der Waals surface area contributed by atoms with Crippen molar-refractivity contribution in [3.63, 3.8) is 0 Å². The van der Waals surface area contributed by atoms with E-state index in [9.17, 15) is 0 Å². The van der Waals surface area contributed by atoms with Crippen LogP contribution in [0.1, 0.15) is 91.9 Å². The molecule has 128 valence electrons. The molecule has 0 heterocycles. The lowest BCUT2D eigenvalue weighted by Gasteiger charge is -2.16. The van der Waals surface area contributed by atoms with Gasteiger partial charge in [0, 0.05) is 19.1 Å². The summed E-state index contributed by atoms with van der Waals surface area (Å²) in [5.41, 5.74) is 0. The molecule has 0 aliphatic heterocycles. The quantitative estimate of drug-likeness (QED) is 0.386. The summed E-state index contributed by atoms with van der Waals surface area (Å²) in [6.45, 7) is 12.6. The Morgan fingerprint density at radius 1 is 0.667 bits per heavy atom. The molecular weight excluding hydrogens is 256 g/mol. The molecule has 0 fully saturated rings. The van der Waals surface area contributed by atoms with E-state index in [4.69, 9.17) is 0 Å². The number of hydrogen-bond acceptors (Lipinski definition) is 2. The van der Waals surface area contributed by atoms with E-state index in [1.807, 2.05) is 0 Å². The van der Waals surface area contributed by atoms with E-state index in [-0.39, 0.29) is 0 Å². The molecule has 2 heteroatoms. The Bertz CT molecular complexity index is 192. The smallest absolute Gasteiger partial charge is 0.00792 e. The summed E-state index contributed by atoms with van der Waals surface area (Å²) in [5.74, 6) is 0.794. The molecule has 0 bridgehead atoms. The fraction of sp³-hybridized carbons (Fsp3) is 1.00. The highest BCUT2D eigenvalue weighted by Gasteiger charge is 2.02. The van der Waals surface area contributed by atoms with Gasteiger partial charge in [0.2, 0.25) is 0 Å². The van der Waals surface area contributed by atoms with Crippen molar-refractivity contribution in [2.45, 2.75) is 97.9 Å². The van der Waals surface area contributed by atoms with Crippen LogP contribution in [0.3, 0.4) is 0 Å². The summed E-state index contributed by atoms with van der Waals surface area (Å²) in [5, 5.41) is 7.14. The third-order valence-electron chi connectivity index (χ3n) is 4.08. The standard InChI is InChI=1S/C19H42N2/c1-5-6-7-8-9-10-11-12-13-14-20-15-16-21-19(4)17-18(2)3/h18-21H,5-17H2,1-4H3. The SMILES string of the molecule is CCCCCCCCCCCNCCNC(C)CC(C)C. The van der Waals surface area contributed by atoms with E-state index in [2.05, 4.69) is 38.3 Å². The monoisotopic (exact) mass is 298 g/mol. The summed E-state index contributed by atoms with van der Waals surface area (Å²) in [6, 6.07) is 0.652. The molecule has 1 atom stereocenters. The summed E-state index contributed by atoms with van der Waals surface area (Å²) >= 11 is 0. The van der Waals surface area contributed by atoms with Gasteiger partial charge in [-0.1, -0.05) is 72.1 Å². The Morgan fingerprint density at radius 2 is 1.24 bits per heavy atom. The summed E-state index contributed by atoms with van der Waals surface area (Å²) in [7, 11) is 0. The van der Waals surface area contributed by atoms with Crippen molar-refractivity contribution in [3.05, 3.63) is 0 Å². The third-order valence-corrected chi connectivity index (χ3v) is 4.08. The molecule has 2 nitrogen and oxygen atoms in total. The van der Waals surface area contributed by atoms with Gasteiger partial charge in [0.05, 0.1) is 0 Å². The molecule has 0 aromatic rings. The summed E-state index contributed by atoms with van der Waals surface area (Å²) in [6.07, 6.45) is 14.0. The van der Waals surface area contributed by atoms with Crippen LogP contribution >= 0.6 is 0 Å². The average molecular weight is 299 g/mol. The van der Waals surface area contributed by atoms with Crippen molar-refractivity contribution in [2.75, 3.05) is 19.6 Å². The van der Waals surface area contributed by atoms with E-state index in [0.717, 1.165) is 19.0 Å². The van der Waals surface area contributed by atoms with Gasteiger partial charge in [0.25, 0.3) is 0 Å². The number of hydrogen-bond donors (Lipinski definition) is 2. The Morgan fingerprint density at radius 3 is 1.81 bits per heavy atom. The van der Waals surface area contributed by atoms with Crippen molar-refractivity contribution < 1.29 is 0 Å². The molecule has 21 heavy (non-hydrogen) atoms. The van der Waals surface area contributed by atoms with Crippen molar-refractivity contribution in [3.8, 4) is 0 Å². The third kappa shape index (κ3) is 17.9. The zero-order chi connectivity index (χ0) is 15.8. The molecule has 0 amide bonds. The lowest BCUT2D eigenvalue weighted by atomic mass is 10.1. The Balaban J connectivity index is 3.05. The van der Waals surface area contributed by atoms with Gasteiger partial charge >= 0.3 is 0 Å². The molecule has 0 radical (unpaired) electrons. The maximum atomic E-state index is 3.59. The minimum Gasteiger partial charge on any atom is -0.315 e. The zero-order valence-electron chi connectivity index (χ0n) is 15.3. The fourth-order valence-corrected chi connectivity index (χ4v) is 2.88. The molecule has 0 aromatic heterocycles. The topological polar surface area (TPSA) is 24.1 Å². The Kier molecular flexibility index (Phi) is 16.2. The minimum absolute atomic E-state index is 0.652. The van der Waals surface area contributed by atoms with Crippen LogP contribution < -0.4 is 10.6 Å². The highest BCUT2D eigenvalue weighted by atomic mass is 15.0. The Hall–Kier alpha value is -0.0800. The van der Waals surface area contributed by atoms with Gasteiger partial charge in [-0.15, -0.1) is 0 Å². The first kappa shape index (κ1) is 20.9. The van der Waals surface area contributed by atoms with Crippen molar-refractivity contribution in [1.29, 1.82) is 0 Å². The molecule has 0 spiro atoms. The number of nitrogens with one attached hydrogen (secondary N) is 2. The van der Waals surface area contributed by atoms with Crippen LogP contribution in [-0.4, -0.2) is 25.7 Å². The van der Waals surface area contributed by atoms with Crippen LogP contribution in [0.5, 0.6) is 0 Å². The van der Waals surface area contributed by atoms with Gasteiger partial charge in [-0.2, -0.15) is 0 Å². The first-order chi connectivity index (χ1) is 10.2. The van der Waals surface area contributed by atoms with Crippen LogP contribution in [0, 0.1) is 5.92 Å².